The summed E-state index contributed by atoms with van der Waals surface area (Å²) in [6.07, 6.45) is 6.67. The smallest absolute Gasteiger partial charge is 0.308 e. The molecule has 0 atom stereocenters. The first-order chi connectivity index (χ1) is 11.5. The van der Waals surface area contributed by atoms with E-state index in [0.29, 0.717) is 0 Å². The summed E-state index contributed by atoms with van der Waals surface area (Å²) in [5.74, 6) is -0.420. The lowest BCUT2D eigenvalue weighted by atomic mass is 10.1. The molecular formula is C17H21ClN2O4S. The van der Waals surface area contributed by atoms with E-state index in [4.69, 9.17) is 9.47 Å². The van der Waals surface area contributed by atoms with Crippen molar-refractivity contribution in [1.82, 2.24) is 4.90 Å². The van der Waals surface area contributed by atoms with Crippen LogP contribution in [-0.4, -0.2) is 42.5 Å². The number of rotatable bonds is 6. The van der Waals surface area contributed by atoms with Crippen molar-refractivity contribution in [3.05, 3.63) is 34.9 Å². The van der Waals surface area contributed by atoms with Gasteiger partial charge in [-0.3, -0.25) is 9.59 Å². The molecule has 0 saturated heterocycles. The second-order valence-electron chi connectivity index (χ2n) is 5.20. The number of carbonyl (C=O) groups excluding carboxylic acids is 2. The fourth-order valence-corrected chi connectivity index (χ4v) is 2.57. The molecule has 8 heteroatoms. The fourth-order valence-electron chi connectivity index (χ4n) is 2.17. The Morgan fingerprint density at radius 2 is 1.88 bits per heavy atom. The van der Waals surface area contributed by atoms with Gasteiger partial charge >= 0.3 is 11.9 Å². The van der Waals surface area contributed by atoms with Crippen molar-refractivity contribution < 1.29 is 19.1 Å². The fraction of sp³-hybridized carbons (Fsp3) is 0.353. The molecule has 0 fully saturated rings. The van der Waals surface area contributed by atoms with Crippen LogP contribution in [0.15, 0.2) is 34.3 Å². The van der Waals surface area contributed by atoms with Gasteiger partial charge in [0.15, 0.2) is 11.5 Å². The van der Waals surface area contributed by atoms with Crippen molar-refractivity contribution in [2.45, 2.75) is 20.3 Å². The van der Waals surface area contributed by atoms with E-state index in [1.165, 1.54) is 13.8 Å². The molecule has 0 aliphatic carbocycles. The SMILES string of the molecule is CSC1=CCN(CCc2ccc(OC(C)=O)c(OC(C)=O)c2)C=N1.Cl. The van der Waals surface area contributed by atoms with E-state index < -0.39 is 11.9 Å². The van der Waals surface area contributed by atoms with E-state index >= 15 is 0 Å². The zero-order valence-electron chi connectivity index (χ0n) is 14.4. The molecular weight excluding hydrogens is 364 g/mol. The van der Waals surface area contributed by atoms with E-state index in [1.54, 1.807) is 23.9 Å². The normalized spacial score (nSPS) is 12.9. The molecule has 1 aliphatic heterocycles. The molecule has 136 valence electrons. The van der Waals surface area contributed by atoms with Gasteiger partial charge in [-0.05, 0) is 36.4 Å². The average molecular weight is 385 g/mol. The number of nitrogens with zero attached hydrogens (tertiary/aromatic N) is 2. The third-order valence-corrected chi connectivity index (χ3v) is 3.95. The van der Waals surface area contributed by atoms with Crippen molar-refractivity contribution in [2.75, 3.05) is 19.3 Å². The lowest BCUT2D eigenvalue weighted by molar-refractivity contribution is -0.134. The van der Waals surface area contributed by atoms with Crippen molar-refractivity contribution in [2.24, 2.45) is 4.99 Å². The van der Waals surface area contributed by atoms with Crippen molar-refractivity contribution in [3.8, 4) is 11.5 Å². The van der Waals surface area contributed by atoms with Gasteiger partial charge in [-0.2, -0.15) is 0 Å². The number of carbonyl (C=O) groups is 2. The summed E-state index contributed by atoms with van der Waals surface area (Å²) in [4.78, 5) is 28.8. The average Bonchev–Trinajstić information content (AvgIpc) is 2.54. The summed E-state index contributed by atoms with van der Waals surface area (Å²) in [5, 5.41) is 1.02. The molecule has 1 aromatic rings. The lowest BCUT2D eigenvalue weighted by Crippen LogP contribution is -2.26. The van der Waals surface area contributed by atoms with Crippen LogP contribution in [0.4, 0.5) is 0 Å². The van der Waals surface area contributed by atoms with Gasteiger partial charge in [-0.1, -0.05) is 6.07 Å². The third kappa shape index (κ3) is 6.80. The largest absolute Gasteiger partial charge is 0.423 e. The maximum atomic E-state index is 11.2. The number of hydrogen-bond acceptors (Lipinski definition) is 7. The molecule has 0 radical (unpaired) electrons. The van der Waals surface area contributed by atoms with Gasteiger partial charge in [0.2, 0.25) is 0 Å². The van der Waals surface area contributed by atoms with Crippen LogP contribution in [0.3, 0.4) is 0 Å². The van der Waals surface area contributed by atoms with Crippen LogP contribution in [-0.2, 0) is 16.0 Å². The van der Waals surface area contributed by atoms with Gasteiger partial charge in [0, 0.05) is 26.9 Å². The highest BCUT2D eigenvalue weighted by molar-refractivity contribution is 8.02. The Labute approximate surface area is 157 Å². The van der Waals surface area contributed by atoms with Gasteiger partial charge in [-0.25, -0.2) is 4.99 Å². The van der Waals surface area contributed by atoms with Crippen LogP contribution in [0, 0.1) is 0 Å². The summed E-state index contributed by atoms with van der Waals surface area (Å²) in [7, 11) is 0. The molecule has 0 aromatic heterocycles. The predicted molar refractivity (Wildman–Crippen MR) is 102 cm³/mol. The number of benzene rings is 1. The second-order valence-corrected chi connectivity index (χ2v) is 6.03. The van der Waals surface area contributed by atoms with Crippen molar-refractivity contribution >= 4 is 42.4 Å². The quantitative estimate of drug-likeness (QED) is 0.554. The van der Waals surface area contributed by atoms with Gasteiger partial charge in [-0.15, -0.1) is 24.2 Å². The van der Waals surface area contributed by atoms with Crippen LogP contribution in [0.2, 0.25) is 0 Å². The Hall–Kier alpha value is -1.99. The second kappa shape index (κ2) is 10.1. The zero-order chi connectivity index (χ0) is 17.5. The third-order valence-electron chi connectivity index (χ3n) is 3.26. The number of halogens is 1. The van der Waals surface area contributed by atoms with Crippen LogP contribution in [0.1, 0.15) is 19.4 Å². The molecule has 0 amide bonds. The Balaban J connectivity index is 0.00000312. The molecule has 0 bridgehead atoms. The molecule has 2 rings (SSSR count). The first-order valence-corrected chi connectivity index (χ1v) is 8.72. The molecule has 25 heavy (non-hydrogen) atoms. The standard InChI is InChI=1S/C17H20N2O4S.ClH/c1-12(20)22-15-5-4-14(10-16(15)23-13(2)21)6-8-19-9-7-17(24-3)18-11-19;/h4-5,7,10-11H,6,8-9H2,1-3H3;1H. The highest BCUT2D eigenvalue weighted by atomic mass is 35.5. The Morgan fingerprint density at radius 3 is 2.44 bits per heavy atom. The topological polar surface area (TPSA) is 68.2 Å². The molecule has 1 heterocycles. The Bertz CT molecular complexity index is 691. The van der Waals surface area contributed by atoms with Crippen LogP contribution in [0.5, 0.6) is 11.5 Å². The number of thioether (sulfide) groups is 1. The summed E-state index contributed by atoms with van der Waals surface area (Å²) in [6, 6.07) is 5.23. The van der Waals surface area contributed by atoms with E-state index in [2.05, 4.69) is 16.0 Å². The number of hydrogen-bond donors (Lipinski definition) is 0. The van der Waals surface area contributed by atoms with Gasteiger partial charge in [0.1, 0.15) is 0 Å². The molecule has 6 nitrogen and oxygen atoms in total. The maximum Gasteiger partial charge on any atom is 0.308 e. The van der Waals surface area contributed by atoms with E-state index in [1.807, 2.05) is 18.7 Å². The molecule has 1 aromatic carbocycles. The minimum Gasteiger partial charge on any atom is -0.423 e. The Morgan fingerprint density at radius 1 is 1.20 bits per heavy atom. The Kier molecular flexibility index (Phi) is 8.51. The van der Waals surface area contributed by atoms with E-state index in [-0.39, 0.29) is 23.9 Å². The van der Waals surface area contributed by atoms with Crippen molar-refractivity contribution in [1.29, 1.82) is 0 Å². The number of ether oxygens (including phenoxy) is 2. The van der Waals surface area contributed by atoms with Gasteiger partial charge in [0.05, 0.1) is 11.4 Å². The van der Waals surface area contributed by atoms with Crippen LogP contribution >= 0.6 is 24.2 Å². The highest BCUT2D eigenvalue weighted by Crippen LogP contribution is 2.29. The molecule has 0 unspecified atom stereocenters. The minimum atomic E-state index is -0.461. The van der Waals surface area contributed by atoms with Crippen LogP contribution in [0.25, 0.3) is 0 Å². The highest BCUT2D eigenvalue weighted by Gasteiger charge is 2.12. The van der Waals surface area contributed by atoms with Gasteiger partial charge < -0.3 is 14.4 Å². The van der Waals surface area contributed by atoms with E-state index in [0.717, 1.165) is 30.1 Å². The summed E-state index contributed by atoms with van der Waals surface area (Å²) < 4.78 is 10.2. The summed E-state index contributed by atoms with van der Waals surface area (Å²) >= 11 is 1.62. The minimum absolute atomic E-state index is 0. The van der Waals surface area contributed by atoms with Crippen molar-refractivity contribution in [3.63, 3.8) is 0 Å². The first-order valence-electron chi connectivity index (χ1n) is 7.50. The predicted octanol–water partition coefficient (Wildman–Crippen LogP) is 3.05. The summed E-state index contributed by atoms with van der Waals surface area (Å²) in [5.41, 5.74) is 0.982. The summed E-state index contributed by atoms with van der Waals surface area (Å²) in [6.45, 7) is 4.22. The van der Waals surface area contributed by atoms with E-state index in [9.17, 15) is 9.59 Å². The molecule has 1 aliphatic rings. The monoisotopic (exact) mass is 384 g/mol. The molecule has 0 N–H and O–H groups in total. The first kappa shape index (κ1) is 21.1. The maximum absolute atomic E-state index is 11.2. The zero-order valence-corrected chi connectivity index (χ0v) is 16.0. The molecule has 0 saturated carbocycles. The number of aliphatic imine (C=N–C) groups is 1. The molecule has 0 spiro atoms. The van der Waals surface area contributed by atoms with Crippen LogP contribution < -0.4 is 9.47 Å². The number of esters is 2. The lowest BCUT2D eigenvalue weighted by Gasteiger charge is -2.21. The van der Waals surface area contributed by atoms with Gasteiger partial charge in [0.25, 0.3) is 0 Å².